The number of rotatable bonds is 2. The number of hydrogen-bond acceptors (Lipinski definition) is 3. The third-order valence-electron chi connectivity index (χ3n) is 2.07. The molecule has 0 bridgehead atoms. The van der Waals surface area contributed by atoms with Crippen molar-refractivity contribution in [2.75, 3.05) is 0 Å². The molecule has 0 saturated heterocycles. The third-order valence-corrected chi connectivity index (χ3v) is 2.07. The smallest absolute Gasteiger partial charge is 0.326 e. The number of carbonyl (C=O) groups is 1. The van der Waals surface area contributed by atoms with Crippen molar-refractivity contribution in [2.24, 2.45) is 5.73 Å². The van der Waals surface area contributed by atoms with Gasteiger partial charge in [0, 0.05) is 5.39 Å². The molecule has 2 aromatic rings. The van der Waals surface area contributed by atoms with E-state index in [1.54, 1.807) is 12.1 Å². The van der Waals surface area contributed by atoms with Gasteiger partial charge in [0.1, 0.15) is 6.04 Å². The Morgan fingerprint density at radius 1 is 1.50 bits per heavy atom. The monoisotopic (exact) mass is 191 g/mol. The van der Waals surface area contributed by atoms with Gasteiger partial charge in [0.25, 0.3) is 0 Å². The molecule has 2 rings (SSSR count). The van der Waals surface area contributed by atoms with Crippen molar-refractivity contribution >= 4 is 16.9 Å². The Labute approximate surface area is 79.5 Å². The highest BCUT2D eigenvalue weighted by atomic mass is 16.4. The number of carboxylic acid groups (broad SMARTS) is 1. The molecule has 0 aliphatic rings. The van der Waals surface area contributed by atoms with Crippen molar-refractivity contribution in [1.29, 1.82) is 0 Å². The molecule has 0 amide bonds. The van der Waals surface area contributed by atoms with Crippen LogP contribution in [-0.2, 0) is 4.79 Å². The predicted molar refractivity (Wildman–Crippen MR) is 50.7 cm³/mol. The molecule has 72 valence electrons. The van der Waals surface area contributed by atoms with Crippen LogP contribution in [0.25, 0.3) is 10.9 Å². The van der Waals surface area contributed by atoms with E-state index in [4.69, 9.17) is 10.8 Å². The summed E-state index contributed by atoms with van der Waals surface area (Å²) in [7, 11) is 0. The number of nitrogens with zero attached hydrogens (tertiary/aromatic N) is 1. The van der Waals surface area contributed by atoms with Crippen molar-refractivity contribution in [3.8, 4) is 0 Å². The lowest BCUT2D eigenvalue weighted by Gasteiger charge is -2.02. The van der Waals surface area contributed by atoms with Crippen LogP contribution in [0.15, 0.2) is 24.3 Å². The van der Waals surface area contributed by atoms with E-state index in [-0.39, 0.29) is 0 Å². The minimum Gasteiger partial charge on any atom is -0.480 e. The van der Waals surface area contributed by atoms with Gasteiger partial charge < -0.3 is 10.8 Å². The second kappa shape index (κ2) is 3.12. The fourth-order valence-corrected chi connectivity index (χ4v) is 1.34. The van der Waals surface area contributed by atoms with Crippen LogP contribution in [0.4, 0.5) is 0 Å². The van der Waals surface area contributed by atoms with Gasteiger partial charge in [-0.1, -0.05) is 18.2 Å². The van der Waals surface area contributed by atoms with Crippen LogP contribution < -0.4 is 5.73 Å². The van der Waals surface area contributed by atoms with Gasteiger partial charge in [0.05, 0.1) is 11.2 Å². The van der Waals surface area contributed by atoms with E-state index < -0.39 is 12.0 Å². The lowest BCUT2D eigenvalue weighted by atomic mass is 10.1. The molecular formula is C9H9N3O2. The zero-order valence-electron chi connectivity index (χ0n) is 7.27. The largest absolute Gasteiger partial charge is 0.480 e. The highest BCUT2D eigenvalue weighted by molar-refractivity contribution is 5.87. The number of nitrogens with one attached hydrogen (secondary N) is 1. The van der Waals surface area contributed by atoms with Crippen molar-refractivity contribution < 1.29 is 9.90 Å². The molecular weight excluding hydrogens is 182 g/mol. The summed E-state index contributed by atoms with van der Waals surface area (Å²) in [5, 5.41) is 16.1. The summed E-state index contributed by atoms with van der Waals surface area (Å²) in [4.78, 5) is 10.7. The molecule has 5 heteroatoms. The van der Waals surface area contributed by atoms with Crippen molar-refractivity contribution in [2.45, 2.75) is 6.04 Å². The van der Waals surface area contributed by atoms with Crippen molar-refractivity contribution in [1.82, 2.24) is 10.2 Å². The average Bonchev–Trinajstić information content (AvgIpc) is 2.60. The Morgan fingerprint density at radius 3 is 2.93 bits per heavy atom. The molecule has 5 nitrogen and oxygen atoms in total. The minimum atomic E-state index is -1.07. The summed E-state index contributed by atoms with van der Waals surface area (Å²) in [6.45, 7) is 0. The number of aromatic amines is 1. The summed E-state index contributed by atoms with van der Waals surface area (Å²) in [6.07, 6.45) is 0. The SMILES string of the molecule is NC(C(=O)O)c1[nH]nc2ccccc12. The molecule has 0 aliphatic heterocycles. The Kier molecular flexibility index (Phi) is 1.94. The maximum atomic E-state index is 10.7. The first kappa shape index (κ1) is 8.71. The van der Waals surface area contributed by atoms with Crippen LogP contribution in [-0.4, -0.2) is 21.3 Å². The van der Waals surface area contributed by atoms with Crippen LogP contribution in [0.3, 0.4) is 0 Å². The van der Waals surface area contributed by atoms with E-state index in [0.717, 1.165) is 10.9 Å². The van der Waals surface area contributed by atoms with Gasteiger partial charge in [0.2, 0.25) is 0 Å². The average molecular weight is 191 g/mol. The summed E-state index contributed by atoms with van der Waals surface area (Å²) in [5.74, 6) is -1.07. The Bertz CT molecular complexity index is 478. The van der Waals surface area contributed by atoms with Crippen molar-refractivity contribution in [3.63, 3.8) is 0 Å². The normalized spacial score (nSPS) is 12.9. The Hall–Kier alpha value is -1.88. The van der Waals surface area contributed by atoms with Gasteiger partial charge in [-0.3, -0.25) is 9.89 Å². The first-order chi connectivity index (χ1) is 6.70. The molecule has 14 heavy (non-hydrogen) atoms. The van der Waals surface area contributed by atoms with E-state index in [1.165, 1.54) is 0 Å². The van der Waals surface area contributed by atoms with Gasteiger partial charge in [-0.2, -0.15) is 5.10 Å². The zero-order chi connectivity index (χ0) is 10.1. The van der Waals surface area contributed by atoms with E-state index >= 15 is 0 Å². The van der Waals surface area contributed by atoms with Gasteiger partial charge >= 0.3 is 5.97 Å². The molecule has 0 fully saturated rings. The molecule has 1 atom stereocenters. The Balaban J connectivity index is 2.58. The number of para-hydroxylation sites is 1. The number of aromatic nitrogens is 2. The van der Waals surface area contributed by atoms with Crippen molar-refractivity contribution in [3.05, 3.63) is 30.0 Å². The van der Waals surface area contributed by atoms with Crippen LogP contribution in [0.2, 0.25) is 0 Å². The highest BCUT2D eigenvalue weighted by Gasteiger charge is 2.18. The van der Waals surface area contributed by atoms with Crippen LogP contribution >= 0.6 is 0 Å². The first-order valence-corrected chi connectivity index (χ1v) is 4.11. The van der Waals surface area contributed by atoms with Crippen LogP contribution in [0.1, 0.15) is 11.7 Å². The predicted octanol–water partition coefficient (Wildman–Crippen LogP) is 0.647. The minimum absolute atomic E-state index is 0.438. The van der Waals surface area contributed by atoms with Gasteiger partial charge in [-0.15, -0.1) is 0 Å². The van der Waals surface area contributed by atoms with E-state index in [1.807, 2.05) is 12.1 Å². The molecule has 0 aliphatic carbocycles. The summed E-state index contributed by atoms with van der Waals surface area (Å²) >= 11 is 0. The number of aliphatic carboxylic acids is 1. The topological polar surface area (TPSA) is 92.0 Å². The number of benzene rings is 1. The molecule has 0 spiro atoms. The summed E-state index contributed by atoms with van der Waals surface area (Å²) < 4.78 is 0. The summed E-state index contributed by atoms with van der Waals surface area (Å²) in [5.41, 5.74) is 6.64. The number of fused-ring (bicyclic) bond motifs is 1. The molecule has 1 heterocycles. The second-order valence-electron chi connectivity index (χ2n) is 2.97. The first-order valence-electron chi connectivity index (χ1n) is 4.11. The van der Waals surface area contributed by atoms with Gasteiger partial charge in [0.15, 0.2) is 0 Å². The quantitative estimate of drug-likeness (QED) is 0.649. The van der Waals surface area contributed by atoms with E-state index in [9.17, 15) is 4.79 Å². The molecule has 1 unspecified atom stereocenters. The van der Waals surface area contributed by atoms with Gasteiger partial charge in [-0.25, -0.2) is 0 Å². The lowest BCUT2D eigenvalue weighted by molar-refractivity contribution is -0.138. The summed E-state index contributed by atoms with van der Waals surface area (Å²) in [6, 6.07) is 6.18. The fraction of sp³-hybridized carbons (Fsp3) is 0.111. The number of nitrogens with two attached hydrogens (primary N) is 1. The second-order valence-corrected chi connectivity index (χ2v) is 2.97. The lowest BCUT2D eigenvalue weighted by Crippen LogP contribution is -2.21. The van der Waals surface area contributed by atoms with Gasteiger partial charge in [-0.05, 0) is 6.07 Å². The number of carboxylic acids is 1. The molecule has 1 aromatic carbocycles. The highest BCUT2D eigenvalue weighted by Crippen LogP contribution is 2.19. The number of hydrogen-bond donors (Lipinski definition) is 3. The maximum Gasteiger partial charge on any atom is 0.326 e. The third kappa shape index (κ3) is 1.23. The zero-order valence-corrected chi connectivity index (χ0v) is 7.27. The van der Waals surface area contributed by atoms with E-state index in [0.29, 0.717) is 5.69 Å². The number of H-pyrrole nitrogens is 1. The van der Waals surface area contributed by atoms with E-state index in [2.05, 4.69) is 10.2 Å². The maximum absolute atomic E-state index is 10.7. The van der Waals surface area contributed by atoms with Crippen LogP contribution in [0.5, 0.6) is 0 Å². The molecule has 4 N–H and O–H groups in total. The molecule has 1 aromatic heterocycles. The fourth-order valence-electron chi connectivity index (χ4n) is 1.34. The molecule has 0 radical (unpaired) electrons. The standard InChI is InChI=1S/C9H9N3O2/c10-7(9(13)14)8-5-3-1-2-4-6(5)11-12-8/h1-4,7H,10H2,(H,11,12)(H,13,14). The van der Waals surface area contributed by atoms with Crippen LogP contribution in [0, 0.1) is 0 Å². The molecule has 0 saturated carbocycles. The Morgan fingerprint density at radius 2 is 2.21 bits per heavy atom.